The Bertz CT molecular complexity index is 785. The number of carbonyl (C=O) groups excluding carboxylic acids is 2. The fraction of sp³-hybridized carbons (Fsp3) is 0.652. The summed E-state index contributed by atoms with van der Waals surface area (Å²) in [6.07, 6.45) is -2.00. The number of ether oxygens (including phenoxy) is 5. The van der Waals surface area contributed by atoms with Crippen molar-refractivity contribution in [3.8, 4) is 0 Å². The average molecular weight is 434 g/mol. The van der Waals surface area contributed by atoms with Gasteiger partial charge in [-0.15, -0.1) is 0 Å². The van der Waals surface area contributed by atoms with Gasteiger partial charge in [-0.2, -0.15) is 0 Å². The predicted molar refractivity (Wildman–Crippen MR) is 108 cm³/mol. The van der Waals surface area contributed by atoms with Crippen LogP contribution in [0.5, 0.6) is 0 Å². The average Bonchev–Trinajstić information content (AvgIpc) is 3.19. The van der Waals surface area contributed by atoms with E-state index in [0.29, 0.717) is 6.42 Å². The van der Waals surface area contributed by atoms with E-state index in [1.54, 1.807) is 0 Å². The Morgan fingerprint density at radius 3 is 2.65 bits per heavy atom. The number of esters is 1. The molecule has 170 valence electrons. The number of rotatable bonds is 6. The highest BCUT2D eigenvalue weighted by molar-refractivity contribution is 5.76. The second-order valence-corrected chi connectivity index (χ2v) is 8.50. The summed E-state index contributed by atoms with van der Waals surface area (Å²) in [4.78, 5) is 25.6. The molecule has 1 N–H and O–H groups in total. The number of hydrogen-bond acceptors (Lipinski definition) is 8. The molecule has 1 saturated carbocycles. The summed E-state index contributed by atoms with van der Waals surface area (Å²) >= 11 is 0. The Morgan fingerprint density at radius 2 is 2.03 bits per heavy atom. The zero-order valence-electron chi connectivity index (χ0n) is 18.0. The summed E-state index contributed by atoms with van der Waals surface area (Å²) in [7, 11) is 2.80. The summed E-state index contributed by atoms with van der Waals surface area (Å²) in [5.41, 5.74) is -0.364. The SMILES string of the molecule is CCC(O)[C@@H]1C[C@H](C(=O)OC)[C@@H]2[C@@H](OC)O[C@@H]3CO[C@@H](c4ccccc4)O[C@H]3[C@@]21C=O. The third-order valence-electron chi connectivity index (χ3n) is 7.17. The number of methoxy groups -OCH3 is 2. The molecule has 1 aromatic rings. The molecule has 8 nitrogen and oxygen atoms in total. The van der Waals surface area contributed by atoms with Crippen LogP contribution in [0.3, 0.4) is 0 Å². The van der Waals surface area contributed by atoms with Crippen LogP contribution in [0.15, 0.2) is 30.3 Å². The van der Waals surface area contributed by atoms with Gasteiger partial charge in [0, 0.05) is 24.5 Å². The van der Waals surface area contributed by atoms with Crippen LogP contribution < -0.4 is 0 Å². The maximum atomic E-state index is 12.9. The summed E-state index contributed by atoms with van der Waals surface area (Å²) in [5, 5.41) is 10.9. The van der Waals surface area contributed by atoms with Gasteiger partial charge in [0.15, 0.2) is 12.6 Å². The smallest absolute Gasteiger partial charge is 0.309 e. The van der Waals surface area contributed by atoms with E-state index in [9.17, 15) is 14.7 Å². The van der Waals surface area contributed by atoms with Gasteiger partial charge in [0.2, 0.25) is 0 Å². The van der Waals surface area contributed by atoms with Gasteiger partial charge in [-0.1, -0.05) is 37.3 Å². The largest absolute Gasteiger partial charge is 0.469 e. The lowest BCUT2D eigenvalue weighted by Crippen LogP contribution is -2.66. The molecule has 0 amide bonds. The monoisotopic (exact) mass is 434 g/mol. The second-order valence-electron chi connectivity index (χ2n) is 8.50. The lowest BCUT2D eigenvalue weighted by atomic mass is 9.63. The minimum atomic E-state index is -1.19. The summed E-state index contributed by atoms with van der Waals surface area (Å²) < 4.78 is 29.0. The first-order chi connectivity index (χ1) is 15.0. The molecule has 4 rings (SSSR count). The van der Waals surface area contributed by atoms with Crippen LogP contribution in [-0.4, -0.2) is 62.8 Å². The highest BCUT2D eigenvalue weighted by Gasteiger charge is 2.70. The molecule has 2 saturated heterocycles. The van der Waals surface area contributed by atoms with Crippen molar-refractivity contribution in [1.29, 1.82) is 0 Å². The zero-order valence-corrected chi connectivity index (χ0v) is 18.0. The zero-order chi connectivity index (χ0) is 22.2. The number of benzene rings is 1. The number of aliphatic hydroxyl groups is 1. The first kappa shape index (κ1) is 22.4. The molecule has 1 aliphatic carbocycles. The van der Waals surface area contributed by atoms with Crippen LogP contribution in [0.1, 0.15) is 31.6 Å². The quantitative estimate of drug-likeness (QED) is 0.535. The molecule has 0 aromatic heterocycles. The second kappa shape index (κ2) is 8.96. The topological polar surface area (TPSA) is 101 Å². The molecule has 1 aromatic carbocycles. The summed E-state index contributed by atoms with van der Waals surface area (Å²) in [6.45, 7) is 2.05. The molecule has 1 unspecified atom stereocenters. The molecular formula is C23H30O8. The van der Waals surface area contributed by atoms with Crippen molar-refractivity contribution in [3.05, 3.63) is 35.9 Å². The molecule has 3 fully saturated rings. The van der Waals surface area contributed by atoms with Crippen molar-refractivity contribution in [2.24, 2.45) is 23.2 Å². The normalized spacial score (nSPS) is 40.5. The molecule has 8 heteroatoms. The van der Waals surface area contributed by atoms with Crippen LogP contribution in [0.4, 0.5) is 0 Å². The predicted octanol–water partition coefficient (Wildman–Crippen LogP) is 1.85. The van der Waals surface area contributed by atoms with E-state index in [1.165, 1.54) is 14.2 Å². The standard InChI is InChI=1S/C23H30O8/c1-4-16(25)15-10-14(20(26)27-2)18-22(28-3)30-17-11-29-21(13-8-6-5-7-9-13)31-19(17)23(15,18)12-24/h5-9,12,14-19,21-22,25H,4,10-11H2,1-3H3/t14-,15-,16?,17+,18+,19+,21+,22-,23+/m0/s1. The van der Waals surface area contributed by atoms with Crippen molar-refractivity contribution >= 4 is 12.3 Å². The maximum Gasteiger partial charge on any atom is 0.309 e. The van der Waals surface area contributed by atoms with E-state index >= 15 is 0 Å². The van der Waals surface area contributed by atoms with Crippen LogP contribution in [0.2, 0.25) is 0 Å². The number of hydrogen-bond donors (Lipinski definition) is 1. The summed E-state index contributed by atoms with van der Waals surface area (Å²) in [6, 6.07) is 9.45. The molecule has 0 spiro atoms. The minimum Gasteiger partial charge on any atom is -0.469 e. The van der Waals surface area contributed by atoms with E-state index in [-0.39, 0.29) is 13.0 Å². The number of aldehydes is 1. The van der Waals surface area contributed by atoms with Crippen molar-refractivity contribution in [2.45, 2.75) is 50.7 Å². The molecular weight excluding hydrogens is 404 g/mol. The van der Waals surface area contributed by atoms with Gasteiger partial charge in [0.25, 0.3) is 0 Å². The van der Waals surface area contributed by atoms with Gasteiger partial charge in [0.05, 0.1) is 31.2 Å². The fourth-order valence-electron chi connectivity index (χ4n) is 5.77. The van der Waals surface area contributed by atoms with Crippen LogP contribution in [0, 0.1) is 23.2 Å². The van der Waals surface area contributed by atoms with Crippen LogP contribution in [-0.2, 0) is 33.3 Å². The van der Waals surface area contributed by atoms with Crippen LogP contribution >= 0.6 is 0 Å². The van der Waals surface area contributed by atoms with Gasteiger partial charge >= 0.3 is 5.97 Å². The Labute approximate surface area is 181 Å². The van der Waals surface area contributed by atoms with Gasteiger partial charge in [0.1, 0.15) is 18.5 Å². The van der Waals surface area contributed by atoms with E-state index in [4.69, 9.17) is 23.7 Å². The van der Waals surface area contributed by atoms with Gasteiger partial charge in [-0.05, 0) is 12.8 Å². The first-order valence-electron chi connectivity index (χ1n) is 10.7. The molecule has 3 aliphatic rings. The molecule has 9 atom stereocenters. The third-order valence-corrected chi connectivity index (χ3v) is 7.17. The molecule has 0 bridgehead atoms. The van der Waals surface area contributed by atoms with E-state index in [0.717, 1.165) is 11.8 Å². The van der Waals surface area contributed by atoms with E-state index in [2.05, 4.69) is 0 Å². The Hall–Kier alpha value is -1.84. The van der Waals surface area contributed by atoms with Crippen molar-refractivity contribution in [1.82, 2.24) is 0 Å². The molecule has 31 heavy (non-hydrogen) atoms. The molecule has 0 radical (unpaired) electrons. The van der Waals surface area contributed by atoms with Crippen molar-refractivity contribution in [3.63, 3.8) is 0 Å². The Morgan fingerprint density at radius 1 is 1.29 bits per heavy atom. The van der Waals surface area contributed by atoms with Gasteiger partial charge in [-0.25, -0.2) is 0 Å². The lowest BCUT2D eigenvalue weighted by molar-refractivity contribution is -0.359. The van der Waals surface area contributed by atoms with Gasteiger partial charge in [-0.3, -0.25) is 4.79 Å². The highest BCUT2D eigenvalue weighted by Crippen LogP contribution is 2.61. The van der Waals surface area contributed by atoms with Gasteiger partial charge < -0.3 is 33.6 Å². The first-order valence-corrected chi connectivity index (χ1v) is 10.7. The van der Waals surface area contributed by atoms with E-state index < -0.39 is 60.0 Å². The van der Waals surface area contributed by atoms with Crippen molar-refractivity contribution in [2.75, 3.05) is 20.8 Å². The Kier molecular flexibility index (Phi) is 6.46. The third kappa shape index (κ3) is 3.50. The fourth-order valence-corrected chi connectivity index (χ4v) is 5.77. The number of fused-ring (bicyclic) bond motifs is 3. The number of carbonyl (C=O) groups is 2. The minimum absolute atomic E-state index is 0.199. The summed E-state index contributed by atoms with van der Waals surface area (Å²) in [5.74, 6) is -2.26. The van der Waals surface area contributed by atoms with E-state index in [1.807, 2.05) is 37.3 Å². The molecule has 2 heterocycles. The lowest BCUT2D eigenvalue weighted by Gasteiger charge is -2.54. The highest BCUT2D eigenvalue weighted by atomic mass is 16.7. The number of aliphatic hydroxyl groups excluding tert-OH is 1. The maximum absolute atomic E-state index is 12.9. The molecule has 2 aliphatic heterocycles. The van der Waals surface area contributed by atoms with Crippen LogP contribution in [0.25, 0.3) is 0 Å². The Balaban J connectivity index is 1.79. The van der Waals surface area contributed by atoms with Crippen molar-refractivity contribution < 1.29 is 38.4 Å².